The quantitative estimate of drug-likeness (QED) is 0.897. The highest BCUT2D eigenvalue weighted by Crippen LogP contribution is 2.26. The molecule has 0 spiro atoms. The lowest BCUT2D eigenvalue weighted by Crippen LogP contribution is -2.44. The van der Waals surface area contributed by atoms with Crippen LogP contribution in [0.3, 0.4) is 0 Å². The van der Waals surface area contributed by atoms with Crippen molar-refractivity contribution in [3.63, 3.8) is 0 Å². The van der Waals surface area contributed by atoms with Crippen LogP contribution < -0.4 is 10.2 Å². The molecule has 2 aliphatic rings. The van der Waals surface area contributed by atoms with Gasteiger partial charge in [-0.3, -0.25) is 9.59 Å². The van der Waals surface area contributed by atoms with E-state index in [1.165, 1.54) is 11.3 Å². The van der Waals surface area contributed by atoms with Gasteiger partial charge in [-0.25, -0.2) is 0 Å². The molecule has 0 aliphatic carbocycles. The molecule has 1 aromatic rings. The van der Waals surface area contributed by atoms with E-state index in [0.29, 0.717) is 13.1 Å². The number of nitrogens with zero attached hydrogens (tertiary/aromatic N) is 3. The van der Waals surface area contributed by atoms with Crippen molar-refractivity contribution in [1.29, 1.82) is 0 Å². The predicted octanol–water partition coefficient (Wildman–Crippen LogP) is 1.94. The van der Waals surface area contributed by atoms with E-state index in [-0.39, 0.29) is 17.7 Å². The van der Waals surface area contributed by atoms with Crippen molar-refractivity contribution < 1.29 is 9.59 Å². The Kier molecular flexibility index (Phi) is 5.81. The number of hydrogen-bond acceptors (Lipinski definition) is 4. The minimum Gasteiger partial charge on any atom is -0.369 e. The Morgan fingerprint density at radius 2 is 1.69 bits per heavy atom. The Labute approximate surface area is 156 Å². The van der Waals surface area contributed by atoms with E-state index >= 15 is 0 Å². The first-order valence-corrected chi connectivity index (χ1v) is 9.54. The van der Waals surface area contributed by atoms with E-state index in [9.17, 15) is 9.59 Å². The summed E-state index contributed by atoms with van der Waals surface area (Å²) in [6.45, 7) is 9.28. The first-order chi connectivity index (χ1) is 12.4. The minimum absolute atomic E-state index is 0.0109. The van der Waals surface area contributed by atoms with Crippen molar-refractivity contribution >= 4 is 23.2 Å². The second kappa shape index (κ2) is 8.08. The molecule has 6 heteroatoms. The highest BCUT2D eigenvalue weighted by Gasteiger charge is 2.26. The highest BCUT2D eigenvalue weighted by molar-refractivity contribution is 5.93. The number of carbonyl (C=O) groups excluding carboxylic acids is 2. The summed E-state index contributed by atoms with van der Waals surface area (Å²) in [4.78, 5) is 30.5. The molecular weight excluding hydrogens is 328 g/mol. The second-order valence-corrected chi connectivity index (χ2v) is 7.56. The Bertz CT molecular complexity index is 660. The molecule has 0 radical (unpaired) electrons. The summed E-state index contributed by atoms with van der Waals surface area (Å²) < 4.78 is 0. The lowest BCUT2D eigenvalue weighted by molar-refractivity contribution is -0.132. The Morgan fingerprint density at radius 3 is 2.27 bits per heavy atom. The van der Waals surface area contributed by atoms with Gasteiger partial charge in [0.25, 0.3) is 0 Å². The topological polar surface area (TPSA) is 55.9 Å². The molecule has 0 bridgehead atoms. The van der Waals surface area contributed by atoms with Crippen LogP contribution in [-0.4, -0.2) is 67.9 Å². The SMILES string of the molecule is CC(=O)N1CCC(C(=O)Nc2ccc(N3CCN(C)CC3)c(C)c2)CC1. The molecule has 0 unspecified atom stereocenters. The molecular formula is C20H30N4O2. The van der Waals surface area contributed by atoms with Gasteiger partial charge in [0, 0.05) is 63.5 Å². The summed E-state index contributed by atoms with van der Waals surface area (Å²) in [5.41, 5.74) is 3.31. The van der Waals surface area contributed by atoms with Crippen LogP contribution >= 0.6 is 0 Å². The largest absolute Gasteiger partial charge is 0.369 e. The molecule has 2 fully saturated rings. The maximum Gasteiger partial charge on any atom is 0.227 e. The summed E-state index contributed by atoms with van der Waals surface area (Å²) in [7, 11) is 2.16. The fourth-order valence-electron chi connectivity index (χ4n) is 3.84. The number of amides is 2. The Hall–Kier alpha value is -2.08. The van der Waals surface area contributed by atoms with Gasteiger partial charge in [0.1, 0.15) is 0 Å². The molecule has 2 aliphatic heterocycles. The normalized spacial score (nSPS) is 19.5. The van der Waals surface area contributed by atoms with Gasteiger partial charge < -0.3 is 20.0 Å². The van der Waals surface area contributed by atoms with Crippen LogP contribution in [0.5, 0.6) is 0 Å². The summed E-state index contributed by atoms with van der Waals surface area (Å²) in [6.07, 6.45) is 1.48. The number of nitrogens with one attached hydrogen (secondary N) is 1. The summed E-state index contributed by atoms with van der Waals surface area (Å²) >= 11 is 0. The van der Waals surface area contributed by atoms with E-state index in [4.69, 9.17) is 0 Å². The molecule has 1 aromatic carbocycles. The van der Waals surface area contributed by atoms with Crippen molar-refractivity contribution in [3.8, 4) is 0 Å². The third-order valence-corrected chi connectivity index (χ3v) is 5.62. The molecule has 2 heterocycles. The summed E-state index contributed by atoms with van der Waals surface area (Å²) in [5, 5.41) is 3.06. The number of hydrogen-bond donors (Lipinski definition) is 1. The smallest absolute Gasteiger partial charge is 0.227 e. The van der Waals surface area contributed by atoms with Crippen molar-refractivity contribution in [2.45, 2.75) is 26.7 Å². The zero-order chi connectivity index (χ0) is 18.7. The van der Waals surface area contributed by atoms with E-state index in [0.717, 1.165) is 44.7 Å². The fourth-order valence-corrected chi connectivity index (χ4v) is 3.84. The van der Waals surface area contributed by atoms with Gasteiger partial charge in [-0.2, -0.15) is 0 Å². The lowest BCUT2D eigenvalue weighted by Gasteiger charge is -2.35. The first-order valence-electron chi connectivity index (χ1n) is 9.54. The van der Waals surface area contributed by atoms with Crippen LogP contribution in [0.15, 0.2) is 18.2 Å². The Balaban J connectivity index is 1.58. The molecule has 2 saturated heterocycles. The molecule has 0 saturated carbocycles. The third kappa shape index (κ3) is 4.36. The zero-order valence-corrected chi connectivity index (χ0v) is 16.1. The maximum absolute atomic E-state index is 12.5. The number of anilines is 2. The molecule has 3 rings (SSSR count). The molecule has 2 amide bonds. The number of aryl methyl sites for hydroxylation is 1. The van der Waals surface area contributed by atoms with Crippen LogP contribution in [-0.2, 0) is 9.59 Å². The van der Waals surface area contributed by atoms with Crippen molar-refractivity contribution in [3.05, 3.63) is 23.8 Å². The number of carbonyl (C=O) groups is 2. The van der Waals surface area contributed by atoms with Gasteiger partial charge >= 0.3 is 0 Å². The third-order valence-electron chi connectivity index (χ3n) is 5.62. The monoisotopic (exact) mass is 358 g/mol. The maximum atomic E-state index is 12.5. The van der Waals surface area contributed by atoms with E-state index in [1.54, 1.807) is 6.92 Å². The number of piperidine rings is 1. The first kappa shape index (κ1) is 18.7. The standard InChI is InChI=1S/C20H30N4O2/c1-15-14-18(4-5-19(15)24-12-10-22(3)11-13-24)21-20(26)17-6-8-23(9-7-17)16(2)25/h4-5,14,17H,6-13H2,1-3H3,(H,21,26). The molecule has 142 valence electrons. The van der Waals surface area contributed by atoms with Gasteiger partial charge in [-0.05, 0) is 50.6 Å². The molecule has 26 heavy (non-hydrogen) atoms. The average molecular weight is 358 g/mol. The van der Waals surface area contributed by atoms with Crippen molar-refractivity contribution in [1.82, 2.24) is 9.80 Å². The number of likely N-dealkylation sites (N-methyl/N-ethyl adjacent to an activating group) is 1. The molecule has 6 nitrogen and oxygen atoms in total. The van der Waals surface area contributed by atoms with Gasteiger partial charge in [0.15, 0.2) is 0 Å². The Morgan fingerprint density at radius 1 is 1.04 bits per heavy atom. The number of piperazine rings is 1. The van der Waals surface area contributed by atoms with Crippen LogP contribution in [0.25, 0.3) is 0 Å². The number of likely N-dealkylation sites (tertiary alicyclic amines) is 1. The summed E-state index contributed by atoms with van der Waals surface area (Å²) in [5.74, 6) is 0.155. The predicted molar refractivity (Wildman–Crippen MR) is 104 cm³/mol. The van der Waals surface area contributed by atoms with Crippen molar-refractivity contribution in [2.24, 2.45) is 5.92 Å². The summed E-state index contributed by atoms with van der Waals surface area (Å²) in [6, 6.07) is 6.19. The van der Waals surface area contributed by atoms with Crippen LogP contribution in [0.4, 0.5) is 11.4 Å². The van der Waals surface area contributed by atoms with E-state index in [2.05, 4.69) is 41.2 Å². The van der Waals surface area contributed by atoms with Crippen LogP contribution in [0.2, 0.25) is 0 Å². The van der Waals surface area contributed by atoms with Gasteiger partial charge in [-0.1, -0.05) is 0 Å². The lowest BCUT2D eigenvalue weighted by atomic mass is 9.95. The molecule has 1 N–H and O–H groups in total. The molecule has 0 aromatic heterocycles. The van der Waals surface area contributed by atoms with Gasteiger partial charge in [0.2, 0.25) is 11.8 Å². The van der Waals surface area contributed by atoms with Gasteiger partial charge in [-0.15, -0.1) is 0 Å². The number of benzene rings is 1. The fraction of sp³-hybridized carbons (Fsp3) is 0.600. The van der Waals surface area contributed by atoms with Crippen LogP contribution in [0.1, 0.15) is 25.3 Å². The zero-order valence-electron chi connectivity index (χ0n) is 16.1. The molecule has 0 atom stereocenters. The van der Waals surface area contributed by atoms with Crippen molar-refractivity contribution in [2.75, 3.05) is 56.5 Å². The number of rotatable bonds is 3. The van der Waals surface area contributed by atoms with E-state index < -0.39 is 0 Å². The minimum atomic E-state index is -0.0109. The highest BCUT2D eigenvalue weighted by atomic mass is 16.2. The van der Waals surface area contributed by atoms with Crippen LogP contribution in [0, 0.1) is 12.8 Å². The van der Waals surface area contributed by atoms with E-state index in [1.807, 2.05) is 11.0 Å². The van der Waals surface area contributed by atoms with Gasteiger partial charge in [0.05, 0.1) is 0 Å². The average Bonchev–Trinajstić information content (AvgIpc) is 2.63. The second-order valence-electron chi connectivity index (χ2n) is 7.56.